The molecule has 0 unspecified atom stereocenters. The predicted octanol–water partition coefficient (Wildman–Crippen LogP) is 5.30. The second-order valence-corrected chi connectivity index (χ2v) is 6.86. The van der Waals surface area contributed by atoms with Gasteiger partial charge in [-0.25, -0.2) is 0 Å². The molecule has 0 amide bonds. The highest BCUT2D eigenvalue weighted by Crippen LogP contribution is 2.26. The molecule has 2 nitrogen and oxygen atoms in total. The van der Waals surface area contributed by atoms with Crippen molar-refractivity contribution in [1.29, 1.82) is 0 Å². The zero-order chi connectivity index (χ0) is 17.8. The summed E-state index contributed by atoms with van der Waals surface area (Å²) in [4.78, 5) is 12.4. The highest BCUT2D eigenvalue weighted by atomic mass is 35.5. The summed E-state index contributed by atoms with van der Waals surface area (Å²) in [5.74, 6) is 0. The maximum atomic E-state index is 12.4. The molecule has 3 rings (SSSR count). The molecule has 0 saturated heterocycles. The number of benzene rings is 2. The van der Waals surface area contributed by atoms with E-state index in [1.807, 2.05) is 37.4 Å². The summed E-state index contributed by atoms with van der Waals surface area (Å²) in [6.07, 6.45) is 3.21. The number of rotatable bonds is 5. The molecule has 0 aliphatic rings. The van der Waals surface area contributed by atoms with Crippen LogP contribution in [0.1, 0.15) is 22.4 Å². The van der Waals surface area contributed by atoms with E-state index in [1.54, 1.807) is 18.2 Å². The summed E-state index contributed by atoms with van der Waals surface area (Å²) in [7, 11) is 0. The average Bonchev–Trinajstić information content (AvgIpc) is 2.61. The van der Waals surface area contributed by atoms with Crippen LogP contribution >= 0.6 is 23.2 Å². The molecule has 1 aromatic heterocycles. The molecule has 4 heteroatoms. The molecule has 0 atom stereocenters. The fraction of sp³-hybridized carbons (Fsp3) is 0.190. The van der Waals surface area contributed by atoms with Crippen molar-refractivity contribution >= 4 is 23.2 Å². The summed E-state index contributed by atoms with van der Waals surface area (Å²) in [6.45, 7) is 2.80. The van der Waals surface area contributed by atoms with Gasteiger partial charge in [0.1, 0.15) is 0 Å². The fourth-order valence-electron chi connectivity index (χ4n) is 2.95. The lowest BCUT2D eigenvalue weighted by Crippen LogP contribution is -2.18. The van der Waals surface area contributed by atoms with E-state index in [1.165, 1.54) is 5.56 Å². The van der Waals surface area contributed by atoms with E-state index in [4.69, 9.17) is 23.2 Å². The van der Waals surface area contributed by atoms with Crippen LogP contribution in [0, 0.1) is 6.92 Å². The Kier molecular flexibility index (Phi) is 5.62. The Morgan fingerprint density at radius 3 is 2.24 bits per heavy atom. The molecule has 1 heterocycles. The number of halogens is 2. The van der Waals surface area contributed by atoms with E-state index in [-0.39, 0.29) is 5.43 Å². The molecule has 0 bridgehead atoms. The van der Waals surface area contributed by atoms with Gasteiger partial charge in [-0.3, -0.25) is 4.79 Å². The van der Waals surface area contributed by atoms with Crippen LogP contribution in [0.3, 0.4) is 0 Å². The first-order chi connectivity index (χ1) is 12.1. The normalized spacial score (nSPS) is 10.8. The quantitative estimate of drug-likeness (QED) is 0.596. The van der Waals surface area contributed by atoms with Gasteiger partial charge in [0.05, 0.1) is 0 Å². The third kappa shape index (κ3) is 4.15. The molecule has 0 fully saturated rings. The lowest BCUT2D eigenvalue weighted by molar-refractivity contribution is 0.662. The lowest BCUT2D eigenvalue weighted by Gasteiger charge is -2.15. The maximum absolute atomic E-state index is 12.4. The van der Waals surface area contributed by atoms with Crippen molar-refractivity contribution in [3.8, 4) is 0 Å². The molecule has 128 valence electrons. The summed E-state index contributed by atoms with van der Waals surface area (Å²) in [5.41, 5.74) is 3.79. The van der Waals surface area contributed by atoms with Crippen molar-refractivity contribution in [3.05, 3.63) is 103 Å². The van der Waals surface area contributed by atoms with Crippen LogP contribution in [-0.4, -0.2) is 4.57 Å². The number of aromatic nitrogens is 1. The third-order valence-electron chi connectivity index (χ3n) is 4.47. The topological polar surface area (TPSA) is 22.0 Å². The first kappa shape index (κ1) is 17.8. The SMILES string of the molecule is Cc1c(Cc2c(Cl)cccc2Cl)c(=O)ccn1CCc1ccccc1. The molecule has 0 aliphatic carbocycles. The number of aryl methyl sites for hydroxylation is 2. The van der Waals surface area contributed by atoms with Gasteiger partial charge in [-0.1, -0.05) is 59.6 Å². The molecule has 3 aromatic rings. The van der Waals surface area contributed by atoms with Crippen molar-refractivity contribution in [3.63, 3.8) is 0 Å². The molecule has 2 aromatic carbocycles. The molecule has 0 radical (unpaired) electrons. The van der Waals surface area contributed by atoms with E-state index in [0.29, 0.717) is 16.5 Å². The molecule has 0 saturated carbocycles. The standard InChI is InChI=1S/C21H19Cl2NO/c1-15-17(14-18-19(22)8-5-9-20(18)23)21(25)11-13-24(15)12-10-16-6-3-2-4-7-16/h2-9,11,13H,10,12,14H2,1H3. The molecule has 0 aliphatic heterocycles. The van der Waals surface area contributed by atoms with Gasteiger partial charge in [-0.05, 0) is 36.6 Å². The van der Waals surface area contributed by atoms with Gasteiger partial charge in [0.15, 0.2) is 5.43 Å². The van der Waals surface area contributed by atoms with Crippen molar-refractivity contribution in [1.82, 2.24) is 4.57 Å². The molecular formula is C21H19Cl2NO. The zero-order valence-corrected chi connectivity index (χ0v) is 15.5. The Balaban J connectivity index is 1.89. The Hall–Kier alpha value is -2.03. The van der Waals surface area contributed by atoms with Crippen LogP contribution in [0.4, 0.5) is 0 Å². The zero-order valence-electron chi connectivity index (χ0n) is 14.0. The van der Waals surface area contributed by atoms with Gasteiger partial charge in [-0.2, -0.15) is 0 Å². The van der Waals surface area contributed by atoms with Gasteiger partial charge in [0.2, 0.25) is 0 Å². The van der Waals surface area contributed by atoms with E-state index in [2.05, 4.69) is 16.7 Å². The van der Waals surface area contributed by atoms with Crippen LogP contribution in [0.2, 0.25) is 10.0 Å². The van der Waals surface area contributed by atoms with E-state index in [0.717, 1.165) is 29.8 Å². The van der Waals surface area contributed by atoms with Crippen LogP contribution in [0.15, 0.2) is 65.6 Å². The van der Waals surface area contributed by atoms with Crippen LogP contribution in [0.5, 0.6) is 0 Å². The molecule has 0 N–H and O–H groups in total. The predicted molar refractivity (Wildman–Crippen MR) is 105 cm³/mol. The van der Waals surface area contributed by atoms with Gasteiger partial charge < -0.3 is 4.57 Å². The largest absolute Gasteiger partial charge is 0.351 e. The van der Waals surface area contributed by atoms with E-state index >= 15 is 0 Å². The van der Waals surface area contributed by atoms with Crippen molar-refractivity contribution in [2.24, 2.45) is 0 Å². The Labute approximate surface area is 157 Å². The molecular weight excluding hydrogens is 353 g/mol. The summed E-state index contributed by atoms with van der Waals surface area (Å²) in [6, 6.07) is 17.4. The lowest BCUT2D eigenvalue weighted by atomic mass is 10.0. The first-order valence-electron chi connectivity index (χ1n) is 8.22. The molecule has 0 spiro atoms. The van der Waals surface area contributed by atoms with Crippen molar-refractivity contribution in [2.75, 3.05) is 0 Å². The van der Waals surface area contributed by atoms with Crippen LogP contribution in [-0.2, 0) is 19.4 Å². The second kappa shape index (κ2) is 7.90. The monoisotopic (exact) mass is 371 g/mol. The summed E-state index contributed by atoms with van der Waals surface area (Å²) < 4.78 is 2.12. The second-order valence-electron chi connectivity index (χ2n) is 6.05. The number of nitrogens with zero attached hydrogens (tertiary/aromatic N) is 1. The fourth-order valence-corrected chi connectivity index (χ4v) is 3.48. The maximum Gasteiger partial charge on any atom is 0.185 e. The smallest absolute Gasteiger partial charge is 0.185 e. The number of hydrogen-bond donors (Lipinski definition) is 0. The Morgan fingerprint density at radius 1 is 0.880 bits per heavy atom. The van der Waals surface area contributed by atoms with E-state index < -0.39 is 0 Å². The van der Waals surface area contributed by atoms with E-state index in [9.17, 15) is 4.79 Å². The van der Waals surface area contributed by atoms with Crippen LogP contribution in [0.25, 0.3) is 0 Å². The number of pyridine rings is 1. The van der Waals surface area contributed by atoms with Gasteiger partial charge in [0.25, 0.3) is 0 Å². The average molecular weight is 372 g/mol. The minimum atomic E-state index is 0.0180. The number of hydrogen-bond acceptors (Lipinski definition) is 1. The van der Waals surface area contributed by atoms with Crippen molar-refractivity contribution in [2.45, 2.75) is 26.3 Å². The van der Waals surface area contributed by atoms with Crippen LogP contribution < -0.4 is 5.43 Å². The minimum absolute atomic E-state index is 0.0180. The highest BCUT2D eigenvalue weighted by molar-refractivity contribution is 6.36. The summed E-state index contributed by atoms with van der Waals surface area (Å²) in [5, 5.41) is 1.18. The Morgan fingerprint density at radius 2 is 1.56 bits per heavy atom. The van der Waals surface area contributed by atoms with Crippen molar-refractivity contribution < 1.29 is 0 Å². The Bertz CT molecular complexity index is 912. The summed E-state index contributed by atoms with van der Waals surface area (Å²) >= 11 is 12.5. The first-order valence-corrected chi connectivity index (χ1v) is 8.97. The molecule has 25 heavy (non-hydrogen) atoms. The minimum Gasteiger partial charge on any atom is -0.351 e. The van der Waals surface area contributed by atoms with Gasteiger partial charge in [-0.15, -0.1) is 0 Å². The third-order valence-corrected chi connectivity index (χ3v) is 5.18. The highest BCUT2D eigenvalue weighted by Gasteiger charge is 2.13. The van der Waals surface area contributed by atoms with Gasteiger partial charge in [0, 0.05) is 46.5 Å². The van der Waals surface area contributed by atoms with Gasteiger partial charge >= 0.3 is 0 Å².